The van der Waals surface area contributed by atoms with E-state index < -0.39 is 0 Å². The maximum Gasteiger partial charge on any atom is 0.123 e. The molecule has 0 saturated heterocycles. The third kappa shape index (κ3) is 2.54. The van der Waals surface area contributed by atoms with Crippen molar-refractivity contribution >= 4 is 5.69 Å². The first kappa shape index (κ1) is 12.6. The van der Waals surface area contributed by atoms with Crippen LogP contribution in [0.4, 0.5) is 10.1 Å². The van der Waals surface area contributed by atoms with E-state index in [1.165, 1.54) is 12.1 Å². The van der Waals surface area contributed by atoms with Crippen LogP contribution >= 0.6 is 0 Å². The monoisotopic (exact) mass is 249 g/mol. The van der Waals surface area contributed by atoms with Crippen LogP contribution in [0, 0.1) is 12.7 Å². The second-order valence-electron chi connectivity index (χ2n) is 4.29. The van der Waals surface area contributed by atoms with Gasteiger partial charge in [0.15, 0.2) is 0 Å². The Morgan fingerprint density at radius 1 is 1.28 bits per heavy atom. The van der Waals surface area contributed by atoms with Gasteiger partial charge in [0.25, 0.3) is 0 Å². The minimum absolute atomic E-state index is 0.179. The van der Waals surface area contributed by atoms with Crippen LogP contribution in [0.3, 0.4) is 0 Å². The second kappa shape index (κ2) is 5.23. The fourth-order valence-electron chi connectivity index (χ4n) is 1.97. The van der Waals surface area contributed by atoms with E-state index in [2.05, 4.69) is 0 Å². The Bertz CT molecular complexity index is 536. The van der Waals surface area contributed by atoms with Crippen molar-refractivity contribution in [3.63, 3.8) is 0 Å². The Hall–Kier alpha value is -1.81. The normalized spacial score (nSPS) is 10.7. The first-order valence-corrected chi connectivity index (χ1v) is 5.75. The molecule has 0 saturated carbocycles. The van der Waals surface area contributed by atoms with Crippen molar-refractivity contribution in [1.82, 2.24) is 0 Å². The summed E-state index contributed by atoms with van der Waals surface area (Å²) in [5.74, 6) is 0.533. The molecule has 0 aliphatic rings. The molecule has 96 valence electrons. The highest BCUT2D eigenvalue weighted by molar-refractivity contribution is 5.53. The minimum Gasteiger partial charge on any atom is -0.469 e. The summed E-state index contributed by atoms with van der Waals surface area (Å²) in [4.78, 5) is 1.96. The molecule has 2 rings (SSSR count). The smallest absolute Gasteiger partial charge is 0.123 e. The standard InChI is InChI=1S/C14H16FNO2/c1-10-11(5-6-18-10)8-16(2)14-4-3-13(15)7-12(14)9-17/h3-7,17H,8-9H2,1-2H3. The van der Waals surface area contributed by atoms with E-state index in [1.807, 2.05) is 24.9 Å². The van der Waals surface area contributed by atoms with Gasteiger partial charge in [0.1, 0.15) is 11.6 Å². The fourth-order valence-corrected chi connectivity index (χ4v) is 1.97. The third-order valence-corrected chi connectivity index (χ3v) is 3.00. The second-order valence-corrected chi connectivity index (χ2v) is 4.29. The van der Waals surface area contributed by atoms with Crippen LogP contribution in [-0.2, 0) is 13.2 Å². The number of benzene rings is 1. The van der Waals surface area contributed by atoms with E-state index in [-0.39, 0.29) is 12.4 Å². The number of aryl methyl sites for hydroxylation is 1. The van der Waals surface area contributed by atoms with Gasteiger partial charge in [-0.15, -0.1) is 0 Å². The maximum atomic E-state index is 13.1. The number of aliphatic hydroxyl groups excluding tert-OH is 1. The number of aliphatic hydroxyl groups is 1. The summed E-state index contributed by atoms with van der Waals surface area (Å²) in [6, 6.07) is 6.34. The number of anilines is 1. The van der Waals surface area contributed by atoms with E-state index in [1.54, 1.807) is 12.3 Å². The highest BCUT2D eigenvalue weighted by Crippen LogP contribution is 2.23. The summed E-state index contributed by atoms with van der Waals surface area (Å²) in [6.07, 6.45) is 1.65. The lowest BCUT2D eigenvalue weighted by Crippen LogP contribution is -2.18. The predicted molar refractivity (Wildman–Crippen MR) is 67.9 cm³/mol. The van der Waals surface area contributed by atoms with Crippen LogP contribution in [-0.4, -0.2) is 12.2 Å². The maximum absolute atomic E-state index is 13.1. The molecule has 0 radical (unpaired) electrons. The van der Waals surface area contributed by atoms with Crippen molar-refractivity contribution in [2.45, 2.75) is 20.1 Å². The van der Waals surface area contributed by atoms with Gasteiger partial charge in [-0.2, -0.15) is 0 Å². The zero-order valence-corrected chi connectivity index (χ0v) is 10.5. The summed E-state index contributed by atoms with van der Waals surface area (Å²) in [6.45, 7) is 2.38. The first-order chi connectivity index (χ1) is 8.61. The molecule has 0 aliphatic carbocycles. The van der Waals surface area contributed by atoms with Gasteiger partial charge in [-0.1, -0.05) is 0 Å². The Kier molecular flexibility index (Phi) is 3.67. The van der Waals surface area contributed by atoms with Crippen LogP contribution in [0.5, 0.6) is 0 Å². The molecule has 0 unspecified atom stereocenters. The van der Waals surface area contributed by atoms with Gasteiger partial charge in [-0.05, 0) is 31.2 Å². The number of halogens is 1. The lowest BCUT2D eigenvalue weighted by atomic mass is 10.1. The highest BCUT2D eigenvalue weighted by Gasteiger charge is 2.10. The molecule has 0 bridgehead atoms. The molecule has 0 aliphatic heterocycles. The van der Waals surface area contributed by atoms with Crippen LogP contribution < -0.4 is 4.90 Å². The van der Waals surface area contributed by atoms with E-state index in [0.717, 1.165) is 17.0 Å². The summed E-state index contributed by atoms with van der Waals surface area (Å²) in [7, 11) is 1.90. The Balaban J connectivity index is 2.23. The largest absolute Gasteiger partial charge is 0.469 e. The lowest BCUT2D eigenvalue weighted by Gasteiger charge is -2.21. The van der Waals surface area contributed by atoms with Gasteiger partial charge in [-0.25, -0.2) is 4.39 Å². The van der Waals surface area contributed by atoms with Crippen molar-refractivity contribution in [3.8, 4) is 0 Å². The fraction of sp³-hybridized carbons (Fsp3) is 0.286. The number of hydrogen-bond donors (Lipinski definition) is 1. The van der Waals surface area contributed by atoms with Gasteiger partial charge in [0.05, 0.1) is 12.9 Å². The van der Waals surface area contributed by atoms with Crippen molar-refractivity contribution in [2.75, 3.05) is 11.9 Å². The quantitative estimate of drug-likeness (QED) is 0.905. The van der Waals surface area contributed by atoms with E-state index in [9.17, 15) is 9.50 Å². The molecule has 3 nitrogen and oxygen atoms in total. The SMILES string of the molecule is Cc1occc1CN(C)c1ccc(F)cc1CO. The summed E-state index contributed by atoms with van der Waals surface area (Å²) in [5.41, 5.74) is 2.48. The molecule has 1 heterocycles. The molecule has 0 fully saturated rings. The average Bonchev–Trinajstić information content (AvgIpc) is 2.74. The molecule has 1 N–H and O–H groups in total. The molecule has 0 atom stereocenters. The number of nitrogens with zero attached hydrogens (tertiary/aromatic N) is 1. The Morgan fingerprint density at radius 2 is 2.06 bits per heavy atom. The first-order valence-electron chi connectivity index (χ1n) is 5.75. The van der Waals surface area contributed by atoms with E-state index >= 15 is 0 Å². The molecule has 1 aromatic heterocycles. The molecule has 0 amide bonds. The zero-order chi connectivity index (χ0) is 13.1. The minimum atomic E-state index is -0.337. The molecular formula is C14H16FNO2. The van der Waals surface area contributed by atoms with Gasteiger partial charge < -0.3 is 14.4 Å². The van der Waals surface area contributed by atoms with Gasteiger partial charge >= 0.3 is 0 Å². The topological polar surface area (TPSA) is 36.6 Å². The van der Waals surface area contributed by atoms with Crippen molar-refractivity contribution in [3.05, 3.63) is 53.2 Å². The van der Waals surface area contributed by atoms with Crippen LogP contribution in [0.1, 0.15) is 16.9 Å². The van der Waals surface area contributed by atoms with Crippen LogP contribution in [0.25, 0.3) is 0 Å². The zero-order valence-electron chi connectivity index (χ0n) is 10.5. The van der Waals surface area contributed by atoms with Crippen molar-refractivity contribution in [1.29, 1.82) is 0 Å². The Morgan fingerprint density at radius 3 is 2.67 bits per heavy atom. The highest BCUT2D eigenvalue weighted by atomic mass is 19.1. The summed E-state index contributed by atoms with van der Waals surface area (Å²) in [5, 5.41) is 9.26. The molecule has 2 aromatic rings. The van der Waals surface area contributed by atoms with Gasteiger partial charge in [0.2, 0.25) is 0 Å². The van der Waals surface area contributed by atoms with Crippen molar-refractivity contribution in [2.24, 2.45) is 0 Å². The molecule has 1 aromatic carbocycles. The number of hydrogen-bond acceptors (Lipinski definition) is 3. The van der Waals surface area contributed by atoms with E-state index in [0.29, 0.717) is 12.1 Å². The number of furan rings is 1. The van der Waals surface area contributed by atoms with E-state index in [4.69, 9.17) is 4.42 Å². The predicted octanol–water partition coefficient (Wildman–Crippen LogP) is 2.86. The summed E-state index contributed by atoms with van der Waals surface area (Å²) < 4.78 is 18.3. The Labute approximate surface area is 105 Å². The molecular weight excluding hydrogens is 233 g/mol. The average molecular weight is 249 g/mol. The van der Waals surface area contributed by atoms with Crippen LogP contribution in [0.15, 0.2) is 34.9 Å². The molecule has 0 spiro atoms. The van der Waals surface area contributed by atoms with Crippen LogP contribution in [0.2, 0.25) is 0 Å². The van der Waals surface area contributed by atoms with Crippen molar-refractivity contribution < 1.29 is 13.9 Å². The summed E-state index contributed by atoms with van der Waals surface area (Å²) >= 11 is 0. The van der Waals surface area contributed by atoms with Gasteiger partial charge in [-0.3, -0.25) is 0 Å². The van der Waals surface area contributed by atoms with Gasteiger partial charge in [0, 0.05) is 30.4 Å². The third-order valence-electron chi connectivity index (χ3n) is 3.00. The lowest BCUT2D eigenvalue weighted by molar-refractivity contribution is 0.281. The number of rotatable bonds is 4. The molecule has 18 heavy (non-hydrogen) atoms. The molecule has 4 heteroatoms.